The van der Waals surface area contributed by atoms with Gasteiger partial charge >= 0.3 is 0 Å². The Balaban J connectivity index is 2.76. The summed E-state index contributed by atoms with van der Waals surface area (Å²) >= 11 is 3.39. The Morgan fingerprint density at radius 3 is 2.58 bits per heavy atom. The third kappa shape index (κ3) is 5.61. The molecule has 0 saturated heterocycles. The Morgan fingerprint density at radius 1 is 1.32 bits per heavy atom. The van der Waals surface area contributed by atoms with Gasteiger partial charge in [-0.3, -0.25) is 4.79 Å². The number of hydrogen-bond donors (Lipinski definition) is 2. The molecule has 5 heteroatoms. The molecule has 1 amide bonds. The number of nitrogens with one attached hydrogen (secondary N) is 2. The fraction of sp³-hybridized carbons (Fsp3) is 0.500. The van der Waals surface area contributed by atoms with Crippen LogP contribution in [-0.2, 0) is 0 Å². The van der Waals surface area contributed by atoms with Crippen molar-refractivity contribution >= 4 is 21.8 Å². The Kier molecular flexibility index (Phi) is 6.31. The molecule has 0 bridgehead atoms. The fourth-order valence-electron chi connectivity index (χ4n) is 1.48. The lowest BCUT2D eigenvalue weighted by atomic mass is 10.2. The van der Waals surface area contributed by atoms with Gasteiger partial charge < -0.3 is 15.4 Å². The van der Waals surface area contributed by atoms with Crippen LogP contribution in [0.15, 0.2) is 22.7 Å². The molecule has 1 unspecified atom stereocenters. The van der Waals surface area contributed by atoms with E-state index in [1.807, 2.05) is 33.9 Å². The van der Waals surface area contributed by atoms with E-state index in [4.69, 9.17) is 4.74 Å². The van der Waals surface area contributed by atoms with E-state index in [2.05, 4.69) is 26.6 Å². The van der Waals surface area contributed by atoms with Crippen molar-refractivity contribution < 1.29 is 9.53 Å². The van der Waals surface area contributed by atoms with Crippen LogP contribution < -0.4 is 15.4 Å². The Hall–Kier alpha value is -1.07. The molecule has 0 heterocycles. The Bertz CT molecular complexity index is 435. The van der Waals surface area contributed by atoms with Crippen LogP contribution in [0, 0.1) is 0 Å². The van der Waals surface area contributed by atoms with Crippen LogP contribution >= 0.6 is 15.9 Å². The standard InChI is InChI=1S/C14H21BrN2O2/c1-9(2)19-13-6-11(5-12(15)7-13)14(18)17-8-10(3)16-4/h5-7,9-10,16H,8H2,1-4H3,(H,17,18). The first-order valence-corrected chi connectivity index (χ1v) is 7.14. The number of rotatable bonds is 6. The maximum Gasteiger partial charge on any atom is 0.251 e. The zero-order chi connectivity index (χ0) is 14.4. The Labute approximate surface area is 123 Å². The maximum atomic E-state index is 12.0. The number of benzene rings is 1. The van der Waals surface area contributed by atoms with E-state index in [1.54, 1.807) is 12.1 Å². The molecule has 19 heavy (non-hydrogen) atoms. The second-order valence-electron chi connectivity index (χ2n) is 4.74. The van der Waals surface area contributed by atoms with Gasteiger partial charge in [-0.1, -0.05) is 15.9 Å². The summed E-state index contributed by atoms with van der Waals surface area (Å²) in [6.07, 6.45) is 0.0783. The average molecular weight is 329 g/mol. The minimum absolute atomic E-state index is 0.0783. The lowest BCUT2D eigenvalue weighted by molar-refractivity contribution is 0.0949. The van der Waals surface area contributed by atoms with Gasteiger partial charge in [0.25, 0.3) is 5.91 Å². The number of likely N-dealkylation sites (N-methyl/N-ethyl adjacent to an activating group) is 1. The van der Waals surface area contributed by atoms with Crippen LogP contribution in [0.1, 0.15) is 31.1 Å². The minimum Gasteiger partial charge on any atom is -0.491 e. The normalized spacial score (nSPS) is 12.3. The van der Waals surface area contributed by atoms with E-state index in [0.29, 0.717) is 17.9 Å². The molecular formula is C14H21BrN2O2. The average Bonchev–Trinajstić information content (AvgIpc) is 2.33. The highest BCUT2D eigenvalue weighted by molar-refractivity contribution is 9.10. The second-order valence-corrected chi connectivity index (χ2v) is 5.66. The maximum absolute atomic E-state index is 12.0. The van der Waals surface area contributed by atoms with Crippen LogP contribution in [-0.4, -0.2) is 31.6 Å². The van der Waals surface area contributed by atoms with Gasteiger partial charge in [-0.25, -0.2) is 0 Å². The molecular weight excluding hydrogens is 308 g/mol. The largest absolute Gasteiger partial charge is 0.491 e. The molecule has 0 radical (unpaired) electrons. The van der Waals surface area contributed by atoms with Crippen molar-refractivity contribution in [3.8, 4) is 5.75 Å². The van der Waals surface area contributed by atoms with Crippen molar-refractivity contribution in [2.45, 2.75) is 32.9 Å². The van der Waals surface area contributed by atoms with E-state index in [9.17, 15) is 4.79 Å². The van der Waals surface area contributed by atoms with Crippen molar-refractivity contribution in [3.05, 3.63) is 28.2 Å². The molecule has 0 aromatic heterocycles. The molecule has 1 aromatic carbocycles. The molecule has 2 N–H and O–H groups in total. The third-order valence-corrected chi connectivity index (χ3v) is 3.02. The van der Waals surface area contributed by atoms with Gasteiger partial charge in [-0.15, -0.1) is 0 Å². The van der Waals surface area contributed by atoms with E-state index >= 15 is 0 Å². The summed E-state index contributed by atoms with van der Waals surface area (Å²) in [6.45, 7) is 6.50. The van der Waals surface area contributed by atoms with Crippen molar-refractivity contribution in [1.29, 1.82) is 0 Å². The topological polar surface area (TPSA) is 50.4 Å². The first kappa shape index (κ1) is 16.0. The highest BCUT2D eigenvalue weighted by Gasteiger charge is 2.10. The van der Waals surface area contributed by atoms with Crippen LogP contribution in [0.25, 0.3) is 0 Å². The van der Waals surface area contributed by atoms with Crippen molar-refractivity contribution in [1.82, 2.24) is 10.6 Å². The summed E-state index contributed by atoms with van der Waals surface area (Å²) in [7, 11) is 1.87. The number of ether oxygens (including phenoxy) is 1. The highest BCUT2D eigenvalue weighted by atomic mass is 79.9. The minimum atomic E-state index is -0.1000. The number of carbonyl (C=O) groups is 1. The summed E-state index contributed by atoms with van der Waals surface area (Å²) in [5.41, 5.74) is 0.591. The first-order chi connectivity index (χ1) is 8.92. The molecule has 1 rings (SSSR count). The molecule has 1 atom stereocenters. The lowest BCUT2D eigenvalue weighted by Crippen LogP contribution is -2.37. The summed E-state index contributed by atoms with van der Waals surface area (Å²) in [6, 6.07) is 5.63. The van der Waals surface area contributed by atoms with Crippen LogP contribution in [0.5, 0.6) is 5.75 Å². The number of hydrogen-bond acceptors (Lipinski definition) is 3. The van der Waals surface area contributed by atoms with Crippen LogP contribution in [0.2, 0.25) is 0 Å². The van der Waals surface area contributed by atoms with Crippen LogP contribution in [0.4, 0.5) is 0 Å². The second kappa shape index (κ2) is 7.50. The van der Waals surface area contributed by atoms with Crippen molar-refractivity contribution in [2.75, 3.05) is 13.6 Å². The van der Waals surface area contributed by atoms with Crippen molar-refractivity contribution in [3.63, 3.8) is 0 Å². The van der Waals surface area contributed by atoms with Gasteiger partial charge in [-0.05, 0) is 46.0 Å². The smallest absolute Gasteiger partial charge is 0.251 e. The predicted molar refractivity (Wildman–Crippen MR) is 80.8 cm³/mol. The third-order valence-electron chi connectivity index (χ3n) is 2.57. The van der Waals surface area contributed by atoms with Gasteiger partial charge in [0.1, 0.15) is 5.75 Å². The van der Waals surface area contributed by atoms with E-state index in [1.165, 1.54) is 0 Å². The fourth-order valence-corrected chi connectivity index (χ4v) is 1.96. The summed E-state index contributed by atoms with van der Waals surface area (Å²) < 4.78 is 6.44. The van der Waals surface area contributed by atoms with E-state index in [-0.39, 0.29) is 18.1 Å². The zero-order valence-corrected chi connectivity index (χ0v) is 13.4. The lowest BCUT2D eigenvalue weighted by Gasteiger charge is -2.14. The highest BCUT2D eigenvalue weighted by Crippen LogP contribution is 2.22. The van der Waals surface area contributed by atoms with Gasteiger partial charge in [0.2, 0.25) is 0 Å². The van der Waals surface area contributed by atoms with Gasteiger partial charge in [0.15, 0.2) is 0 Å². The van der Waals surface area contributed by atoms with Gasteiger partial charge in [-0.2, -0.15) is 0 Å². The summed E-state index contributed by atoms with van der Waals surface area (Å²) in [5.74, 6) is 0.591. The molecule has 4 nitrogen and oxygen atoms in total. The number of amides is 1. The van der Waals surface area contributed by atoms with E-state index < -0.39 is 0 Å². The molecule has 0 saturated carbocycles. The molecule has 106 valence electrons. The van der Waals surface area contributed by atoms with Crippen LogP contribution in [0.3, 0.4) is 0 Å². The molecule has 0 aliphatic rings. The van der Waals surface area contributed by atoms with Gasteiger partial charge in [0, 0.05) is 22.6 Å². The first-order valence-electron chi connectivity index (χ1n) is 6.35. The molecule has 0 spiro atoms. The molecule has 0 aliphatic carbocycles. The molecule has 0 aliphatic heterocycles. The number of carbonyl (C=O) groups excluding carboxylic acids is 1. The predicted octanol–water partition coefficient (Wildman–Crippen LogP) is 2.57. The zero-order valence-electron chi connectivity index (χ0n) is 11.8. The van der Waals surface area contributed by atoms with Gasteiger partial charge in [0.05, 0.1) is 6.10 Å². The summed E-state index contributed by atoms with van der Waals surface area (Å²) in [5, 5.41) is 5.95. The molecule has 0 fully saturated rings. The monoisotopic (exact) mass is 328 g/mol. The SMILES string of the molecule is CNC(C)CNC(=O)c1cc(Br)cc(OC(C)C)c1. The Morgan fingerprint density at radius 2 is 2.00 bits per heavy atom. The molecule has 1 aromatic rings. The number of halogens is 1. The quantitative estimate of drug-likeness (QED) is 0.843. The van der Waals surface area contributed by atoms with Crippen molar-refractivity contribution in [2.24, 2.45) is 0 Å². The van der Waals surface area contributed by atoms with E-state index in [0.717, 1.165) is 4.47 Å². The summed E-state index contributed by atoms with van der Waals surface area (Å²) in [4.78, 5) is 12.0.